The topological polar surface area (TPSA) is 56.3 Å². The molecule has 1 aromatic heterocycles. The van der Waals surface area contributed by atoms with Gasteiger partial charge in [-0.05, 0) is 24.5 Å². The predicted octanol–water partition coefficient (Wildman–Crippen LogP) is 4.92. The lowest BCUT2D eigenvalue weighted by Crippen LogP contribution is -2.11. The second-order valence-corrected chi connectivity index (χ2v) is 7.45. The van der Waals surface area contributed by atoms with E-state index in [4.69, 9.17) is 4.74 Å². The zero-order valence-corrected chi connectivity index (χ0v) is 15.0. The summed E-state index contributed by atoms with van der Waals surface area (Å²) in [4.78, 5) is 16.2. The molecule has 0 bridgehead atoms. The smallest absolute Gasteiger partial charge is 0.306 e. The lowest BCUT2D eigenvalue weighted by atomic mass is 10.0. The van der Waals surface area contributed by atoms with Gasteiger partial charge >= 0.3 is 5.97 Å². The van der Waals surface area contributed by atoms with E-state index >= 15 is 0 Å². The number of hydrogen-bond acceptors (Lipinski definition) is 5. The number of fused-ring (bicyclic) bond motifs is 1. The number of thioether (sulfide) groups is 1. The summed E-state index contributed by atoms with van der Waals surface area (Å²) in [6, 6.07) is 11.8. The zero-order valence-electron chi connectivity index (χ0n) is 13.3. The maximum absolute atomic E-state index is 11.7. The van der Waals surface area contributed by atoms with Crippen LogP contribution in [0.4, 0.5) is 0 Å². The van der Waals surface area contributed by atoms with E-state index < -0.39 is 0 Å². The van der Waals surface area contributed by atoms with Gasteiger partial charge in [0.1, 0.15) is 5.94 Å². The molecule has 1 heterocycles. The molecule has 2 aromatic rings. The molecule has 0 aliphatic heterocycles. The number of carbonyl (C=O) groups is 1. The number of pyridine rings is 1. The first kappa shape index (κ1) is 17.9. The minimum Gasteiger partial charge on any atom is -0.454 e. The van der Waals surface area contributed by atoms with E-state index in [0.717, 1.165) is 15.9 Å². The second kappa shape index (κ2) is 8.99. The van der Waals surface area contributed by atoms with Crippen LogP contribution in [-0.2, 0) is 14.1 Å². The summed E-state index contributed by atoms with van der Waals surface area (Å²) in [7, 11) is 0.130. The largest absolute Gasteiger partial charge is 0.454 e. The molecule has 0 spiro atoms. The maximum Gasteiger partial charge on any atom is 0.306 e. The Bertz CT molecular complexity index is 680. The van der Waals surface area contributed by atoms with Crippen LogP contribution in [0.15, 0.2) is 41.4 Å². The van der Waals surface area contributed by atoms with E-state index in [1.807, 2.05) is 50.2 Å². The summed E-state index contributed by atoms with van der Waals surface area (Å²) in [6.07, 6.45) is 1.04. The van der Waals surface area contributed by atoms with Crippen molar-refractivity contribution in [2.24, 2.45) is 5.92 Å². The number of aromatic nitrogens is 1. The van der Waals surface area contributed by atoms with Crippen molar-refractivity contribution >= 4 is 37.1 Å². The summed E-state index contributed by atoms with van der Waals surface area (Å²) in [5.41, 5.74) is 1.00. The van der Waals surface area contributed by atoms with Crippen molar-refractivity contribution in [2.75, 3.05) is 5.94 Å². The summed E-state index contributed by atoms with van der Waals surface area (Å²) >= 11 is 1.40. The van der Waals surface area contributed by atoms with Crippen LogP contribution in [0.2, 0.25) is 0 Å². The van der Waals surface area contributed by atoms with E-state index in [9.17, 15) is 9.36 Å². The number of hydrogen-bond donors (Lipinski definition) is 0. The third-order valence-corrected chi connectivity index (χ3v) is 5.39. The van der Waals surface area contributed by atoms with Crippen molar-refractivity contribution in [2.45, 2.75) is 37.4 Å². The molecule has 23 heavy (non-hydrogen) atoms. The quantitative estimate of drug-likeness (QED) is 0.293. The van der Waals surface area contributed by atoms with E-state index in [1.54, 1.807) is 0 Å². The summed E-state index contributed by atoms with van der Waals surface area (Å²) in [6.45, 7) is 3.91. The van der Waals surface area contributed by atoms with Gasteiger partial charge < -0.3 is 4.74 Å². The van der Waals surface area contributed by atoms with Crippen LogP contribution in [0.5, 0.6) is 0 Å². The Kier molecular flexibility index (Phi) is 7.00. The molecule has 0 aliphatic rings. The van der Waals surface area contributed by atoms with Gasteiger partial charge in [0.2, 0.25) is 0 Å². The first-order valence-electron chi connectivity index (χ1n) is 7.57. The van der Waals surface area contributed by atoms with Gasteiger partial charge in [0.25, 0.3) is 0 Å². The number of para-hydroxylation sites is 1. The molecule has 0 amide bonds. The molecule has 0 N–H and O–H groups in total. The van der Waals surface area contributed by atoms with Gasteiger partial charge in [-0.1, -0.05) is 49.9 Å². The monoisotopic (exact) mass is 349 g/mol. The molecule has 0 radical (unpaired) electrons. The molecule has 6 heteroatoms. The van der Waals surface area contributed by atoms with Crippen LogP contribution >= 0.6 is 20.2 Å². The number of ether oxygens (including phenoxy) is 1. The van der Waals surface area contributed by atoms with Crippen LogP contribution in [0, 0.1) is 5.92 Å². The lowest BCUT2D eigenvalue weighted by molar-refractivity contribution is -0.141. The number of carbonyl (C=O) groups excluding carboxylic acids is 1. The van der Waals surface area contributed by atoms with Gasteiger partial charge in [-0.2, -0.15) is 0 Å². The summed E-state index contributed by atoms with van der Waals surface area (Å²) in [5.74, 6) is 0.268. The first-order valence-corrected chi connectivity index (χ1v) is 9.43. The SMILES string of the molecule is CC(CCC(=O)OCSc1ccc2ccccc2n1)C(C)P=O. The maximum atomic E-state index is 11.7. The molecule has 4 nitrogen and oxygen atoms in total. The zero-order chi connectivity index (χ0) is 16.7. The molecule has 122 valence electrons. The average molecular weight is 349 g/mol. The number of rotatable bonds is 8. The van der Waals surface area contributed by atoms with Gasteiger partial charge in [0, 0.05) is 17.5 Å². The van der Waals surface area contributed by atoms with Crippen molar-refractivity contribution in [3.8, 4) is 0 Å². The van der Waals surface area contributed by atoms with Crippen LogP contribution < -0.4 is 0 Å². The summed E-state index contributed by atoms with van der Waals surface area (Å²) in [5, 5.41) is 1.93. The van der Waals surface area contributed by atoms with Crippen molar-refractivity contribution < 1.29 is 14.1 Å². The molecule has 2 atom stereocenters. The van der Waals surface area contributed by atoms with E-state index in [0.29, 0.717) is 12.8 Å². The van der Waals surface area contributed by atoms with Crippen LogP contribution in [0.25, 0.3) is 10.9 Å². The fourth-order valence-corrected chi connectivity index (χ4v) is 3.04. The molecule has 0 aliphatic carbocycles. The highest BCUT2D eigenvalue weighted by atomic mass is 32.2. The Morgan fingerprint density at radius 2 is 2.04 bits per heavy atom. The van der Waals surface area contributed by atoms with Crippen molar-refractivity contribution in [1.82, 2.24) is 4.98 Å². The minimum atomic E-state index is -0.222. The third-order valence-electron chi connectivity index (χ3n) is 3.79. The number of benzene rings is 1. The third kappa shape index (κ3) is 5.60. The van der Waals surface area contributed by atoms with Gasteiger partial charge in [0.05, 0.1) is 10.5 Å². The van der Waals surface area contributed by atoms with E-state index in [-0.39, 0.29) is 31.9 Å². The molecule has 1 aromatic carbocycles. The highest BCUT2D eigenvalue weighted by molar-refractivity contribution is 7.99. The van der Waals surface area contributed by atoms with Gasteiger partial charge in [0.15, 0.2) is 8.46 Å². The fraction of sp³-hybridized carbons (Fsp3) is 0.412. The Hall–Kier alpha value is -1.45. The van der Waals surface area contributed by atoms with Crippen molar-refractivity contribution in [1.29, 1.82) is 0 Å². The molecule has 0 saturated heterocycles. The molecular formula is C17H20NO3PS. The number of esters is 1. The standard InChI is InChI=1S/C17H20NO3PS/c1-12(13(2)22-20)7-10-17(19)21-11-23-16-9-8-14-5-3-4-6-15(14)18-16/h3-6,8-9,12-13H,7,10-11H2,1-2H3. The van der Waals surface area contributed by atoms with Crippen LogP contribution in [-0.4, -0.2) is 22.6 Å². The molecule has 0 saturated carbocycles. The normalized spacial score (nSPS) is 13.8. The van der Waals surface area contributed by atoms with Gasteiger partial charge in [-0.25, -0.2) is 4.98 Å². The van der Waals surface area contributed by atoms with E-state index in [1.165, 1.54) is 11.8 Å². The average Bonchev–Trinajstić information content (AvgIpc) is 2.58. The Labute approximate surface area is 142 Å². The highest BCUT2D eigenvalue weighted by Crippen LogP contribution is 2.22. The van der Waals surface area contributed by atoms with Gasteiger partial charge in [-0.3, -0.25) is 9.36 Å². The number of nitrogens with zero attached hydrogens (tertiary/aromatic N) is 1. The minimum absolute atomic E-state index is 0.0685. The summed E-state index contributed by atoms with van der Waals surface area (Å²) < 4.78 is 16.0. The first-order chi connectivity index (χ1) is 11.1. The Morgan fingerprint density at radius 3 is 2.83 bits per heavy atom. The van der Waals surface area contributed by atoms with Crippen LogP contribution in [0.1, 0.15) is 26.7 Å². The van der Waals surface area contributed by atoms with Crippen molar-refractivity contribution in [3.63, 3.8) is 0 Å². The van der Waals surface area contributed by atoms with Crippen molar-refractivity contribution in [3.05, 3.63) is 36.4 Å². The fourth-order valence-electron chi connectivity index (χ4n) is 2.05. The predicted molar refractivity (Wildman–Crippen MR) is 94.0 cm³/mol. The lowest BCUT2D eigenvalue weighted by Gasteiger charge is -2.12. The van der Waals surface area contributed by atoms with Crippen LogP contribution in [0.3, 0.4) is 0 Å². The molecule has 2 rings (SSSR count). The Balaban J connectivity index is 1.75. The van der Waals surface area contributed by atoms with Gasteiger partial charge in [-0.15, -0.1) is 0 Å². The second-order valence-electron chi connectivity index (χ2n) is 5.48. The van der Waals surface area contributed by atoms with E-state index in [2.05, 4.69) is 4.98 Å². The molecule has 2 unspecified atom stereocenters. The molecular weight excluding hydrogens is 329 g/mol. The highest BCUT2D eigenvalue weighted by Gasteiger charge is 2.14. The Morgan fingerprint density at radius 1 is 1.26 bits per heavy atom. The molecule has 0 fully saturated rings.